The first-order valence-corrected chi connectivity index (χ1v) is 4.56. The minimum Gasteiger partial charge on any atom is -0.385 e. The van der Waals surface area contributed by atoms with Crippen molar-refractivity contribution >= 4 is 23.2 Å². The van der Waals surface area contributed by atoms with Crippen LogP contribution in [-0.4, -0.2) is 5.11 Å². The van der Waals surface area contributed by atoms with E-state index in [0.717, 1.165) is 12.8 Å². The Morgan fingerprint density at radius 1 is 1.17 bits per heavy atom. The third-order valence-corrected chi connectivity index (χ3v) is 2.78. The van der Waals surface area contributed by atoms with Crippen LogP contribution in [0.5, 0.6) is 0 Å². The van der Waals surface area contributed by atoms with Gasteiger partial charge in [-0.2, -0.15) is 0 Å². The minimum atomic E-state index is -0.741. The normalized spacial score (nSPS) is 19.2. The Morgan fingerprint density at radius 3 is 2.08 bits per heavy atom. The van der Waals surface area contributed by atoms with Crippen LogP contribution in [0.15, 0.2) is 18.2 Å². The number of hydrogen-bond acceptors (Lipinski definition) is 1. The van der Waals surface area contributed by atoms with Crippen molar-refractivity contribution < 1.29 is 5.11 Å². The second-order valence-corrected chi connectivity index (χ2v) is 3.94. The maximum Gasteiger partial charge on any atom is 0.0927 e. The summed E-state index contributed by atoms with van der Waals surface area (Å²) in [6.07, 6.45) is 1.52. The summed E-state index contributed by atoms with van der Waals surface area (Å²) in [6.45, 7) is 0. The van der Waals surface area contributed by atoms with Gasteiger partial charge in [0.15, 0.2) is 0 Å². The average molecular weight is 203 g/mol. The van der Waals surface area contributed by atoms with Crippen molar-refractivity contribution in [3.8, 4) is 0 Å². The van der Waals surface area contributed by atoms with E-state index in [-0.39, 0.29) is 0 Å². The Labute approximate surface area is 80.9 Å². The van der Waals surface area contributed by atoms with Gasteiger partial charge < -0.3 is 5.11 Å². The SMILES string of the molecule is OC1(c2c(Cl)cccc2Cl)CC1. The Kier molecular flexibility index (Phi) is 1.83. The van der Waals surface area contributed by atoms with Crippen LogP contribution in [0.1, 0.15) is 18.4 Å². The molecule has 2 rings (SSSR count). The van der Waals surface area contributed by atoms with Crippen LogP contribution >= 0.6 is 23.2 Å². The first-order chi connectivity index (χ1) is 5.63. The molecule has 0 spiro atoms. The quantitative estimate of drug-likeness (QED) is 0.743. The molecule has 0 aromatic heterocycles. The van der Waals surface area contributed by atoms with E-state index in [2.05, 4.69) is 0 Å². The van der Waals surface area contributed by atoms with Crippen LogP contribution in [0.3, 0.4) is 0 Å². The van der Waals surface area contributed by atoms with E-state index in [1.165, 1.54) is 0 Å². The molecule has 0 amide bonds. The molecule has 1 fully saturated rings. The molecular weight excluding hydrogens is 195 g/mol. The van der Waals surface area contributed by atoms with Crippen LogP contribution in [0.2, 0.25) is 10.0 Å². The van der Waals surface area contributed by atoms with Crippen molar-refractivity contribution in [3.05, 3.63) is 33.8 Å². The topological polar surface area (TPSA) is 20.2 Å². The van der Waals surface area contributed by atoms with Gasteiger partial charge in [-0.15, -0.1) is 0 Å². The van der Waals surface area contributed by atoms with E-state index in [0.29, 0.717) is 15.6 Å². The lowest BCUT2D eigenvalue weighted by Gasteiger charge is -2.11. The molecule has 0 aliphatic heterocycles. The zero-order valence-corrected chi connectivity index (χ0v) is 7.86. The van der Waals surface area contributed by atoms with Gasteiger partial charge in [0.1, 0.15) is 0 Å². The van der Waals surface area contributed by atoms with Gasteiger partial charge in [0.2, 0.25) is 0 Å². The third kappa shape index (κ3) is 1.22. The summed E-state index contributed by atoms with van der Waals surface area (Å²) < 4.78 is 0. The summed E-state index contributed by atoms with van der Waals surface area (Å²) in [5.41, 5.74) is -0.0524. The molecule has 64 valence electrons. The lowest BCUT2D eigenvalue weighted by Crippen LogP contribution is -2.05. The molecule has 0 unspecified atom stereocenters. The molecule has 1 aromatic carbocycles. The van der Waals surface area contributed by atoms with Gasteiger partial charge in [0.05, 0.1) is 5.60 Å². The Morgan fingerprint density at radius 2 is 1.67 bits per heavy atom. The van der Waals surface area contributed by atoms with Crippen molar-refractivity contribution in [2.45, 2.75) is 18.4 Å². The van der Waals surface area contributed by atoms with Gasteiger partial charge in [-0.1, -0.05) is 29.3 Å². The molecule has 0 atom stereocenters. The van der Waals surface area contributed by atoms with Crippen LogP contribution in [0, 0.1) is 0 Å². The lowest BCUT2D eigenvalue weighted by atomic mass is 10.1. The highest BCUT2D eigenvalue weighted by molar-refractivity contribution is 6.36. The molecule has 0 heterocycles. The predicted octanol–water partition coefficient (Wildman–Crippen LogP) is 2.97. The second-order valence-electron chi connectivity index (χ2n) is 3.13. The molecule has 1 aliphatic carbocycles. The second kappa shape index (κ2) is 2.63. The maximum absolute atomic E-state index is 9.79. The fraction of sp³-hybridized carbons (Fsp3) is 0.333. The number of hydrogen-bond donors (Lipinski definition) is 1. The van der Waals surface area contributed by atoms with Gasteiger partial charge in [-0.3, -0.25) is 0 Å². The molecule has 0 bridgehead atoms. The standard InChI is InChI=1S/C9H8Cl2O/c10-6-2-1-3-7(11)8(6)9(12)4-5-9/h1-3,12H,4-5H2. The molecule has 0 radical (unpaired) electrons. The van der Waals surface area contributed by atoms with Gasteiger partial charge >= 0.3 is 0 Å². The van der Waals surface area contributed by atoms with Crippen LogP contribution in [-0.2, 0) is 5.60 Å². The van der Waals surface area contributed by atoms with E-state index in [9.17, 15) is 5.11 Å². The molecule has 1 N–H and O–H groups in total. The zero-order chi connectivity index (χ0) is 8.77. The monoisotopic (exact) mass is 202 g/mol. The molecule has 1 nitrogen and oxygen atoms in total. The predicted molar refractivity (Wildman–Crippen MR) is 49.6 cm³/mol. The van der Waals surface area contributed by atoms with Crippen LogP contribution in [0.4, 0.5) is 0 Å². The van der Waals surface area contributed by atoms with Crippen molar-refractivity contribution in [2.75, 3.05) is 0 Å². The molecule has 1 aliphatic rings. The maximum atomic E-state index is 9.79. The van der Waals surface area contributed by atoms with Gasteiger partial charge in [-0.25, -0.2) is 0 Å². The molecular formula is C9H8Cl2O. The number of aliphatic hydroxyl groups is 1. The molecule has 0 saturated heterocycles. The van der Waals surface area contributed by atoms with E-state index < -0.39 is 5.60 Å². The first kappa shape index (κ1) is 8.36. The highest BCUT2D eigenvalue weighted by atomic mass is 35.5. The van der Waals surface area contributed by atoms with E-state index >= 15 is 0 Å². The van der Waals surface area contributed by atoms with Crippen molar-refractivity contribution in [1.29, 1.82) is 0 Å². The number of benzene rings is 1. The van der Waals surface area contributed by atoms with Crippen molar-refractivity contribution in [3.63, 3.8) is 0 Å². The first-order valence-electron chi connectivity index (χ1n) is 3.80. The average Bonchev–Trinajstić information content (AvgIpc) is 2.68. The largest absolute Gasteiger partial charge is 0.385 e. The summed E-state index contributed by atoms with van der Waals surface area (Å²) in [5, 5.41) is 10.9. The van der Waals surface area contributed by atoms with Crippen LogP contribution in [0.25, 0.3) is 0 Å². The Bertz CT molecular complexity index is 298. The van der Waals surface area contributed by atoms with Crippen molar-refractivity contribution in [2.24, 2.45) is 0 Å². The highest BCUT2D eigenvalue weighted by Crippen LogP contribution is 2.50. The van der Waals surface area contributed by atoms with Gasteiger partial charge in [0, 0.05) is 15.6 Å². The van der Waals surface area contributed by atoms with E-state index in [1.807, 2.05) is 0 Å². The molecule has 1 saturated carbocycles. The highest BCUT2D eigenvalue weighted by Gasteiger charge is 2.44. The molecule has 1 aromatic rings. The third-order valence-electron chi connectivity index (χ3n) is 2.15. The summed E-state index contributed by atoms with van der Waals surface area (Å²) >= 11 is 11.8. The number of halogens is 2. The zero-order valence-electron chi connectivity index (χ0n) is 6.35. The summed E-state index contributed by atoms with van der Waals surface area (Å²) in [5.74, 6) is 0. The lowest BCUT2D eigenvalue weighted by molar-refractivity contribution is 0.152. The fourth-order valence-electron chi connectivity index (χ4n) is 1.31. The van der Waals surface area contributed by atoms with Crippen molar-refractivity contribution in [1.82, 2.24) is 0 Å². The summed E-state index contributed by atoms with van der Waals surface area (Å²) in [6, 6.07) is 5.28. The van der Waals surface area contributed by atoms with Crippen LogP contribution < -0.4 is 0 Å². The summed E-state index contributed by atoms with van der Waals surface area (Å²) in [7, 11) is 0. The molecule has 12 heavy (non-hydrogen) atoms. The fourth-order valence-corrected chi connectivity index (χ4v) is 2.06. The number of rotatable bonds is 1. The smallest absolute Gasteiger partial charge is 0.0927 e. The van der Waals surface area contributed by atoms with Gasteiger partial charge in [-0.05, 0) is 25.0 Å². The van der Waals surface area contributed by atoms with Gasteiger partial charge in [0.25, 0.3) is 0 Å². The summed E-state index contributed by atoms with van der Waals surface area (Å²) in [4.78, 5) is 0. The Balaban J connectivity index is 2.55. The molecule has 3 heteroatoms. The minimum absolute atomic E-state index is 0.558. The van der Waals surface area contributed by atoms with E-state index in [4.69, 9.17) is 23.2 Å². The Hall–Kier alpha value is -0.240. The van der Waals surface area contributed by atoms with E-state index in [1.54, 1.807) is 18.2 Å².